The molecule has 1 unspecified atom stereocenters. The molecule has 2 aromatic carbocycles. The number of hydrogen-bond acceptors (Lipinski definition) is 7. The second-order valence-corrected chi connectivity index (χ2v) is 10.4. The fourth-order valence-corrected chi connectivity index (χ4v) is 5.24. The van der Waals surface area contributed by atoms with Crippen LogP contribution in [-0.4, -0.2) is 35.0 Å². The predicted octanol–water partition coefficient (Wildman–Crippen LogP) is 4.39. The standard InChI is InChI=1S/C30H23N7O2S/c1-18-25(28-31-15-8-16-36(28)35-18)29(38)33-19(2)27-34-24-12-7-9-21(13-14-23-17-32-20(3)40-23)26(24)30(39)37(27)22-10-5-4-6-11-22/h4-12,15-17,19H,1-3H3,(H,33,38). The van der Waals surface area contributed by atoms with Crippen LogP contribution in [0.3, 0.4) is 0 Å². The van der Waals surface area contributed by atoms with Crippen molar-refractivity contribution < 1.29 is 4.79 Å². The Morgan fingerprint density at radius 3 is 2.62 bits per heavy atom. The monoisotopic (exact) mass is 545 g/mol. The molecule has 40 heavy (non-hydrogen) atoms. The SMILES string of the molecule is Cc1ncc(C#Cc2cccc3nc(C(C)NC(=O)c4c(C)nn5cccnc45)n(-c4ccccc4)c(=O)c23)s1. The zero-order chi connectivity index (χ0) is 27.8. The van der Waals surface area contributed by atoms with E-state index in [-0.39, 0.29) is 11.5 Å². The molecule has 0 fully saturated rings. The lowest BCUT2D eigenvalue weighted by Gasteiger charge is -2.20. The Kier molecular flexibility index (Phi) is 6.42. The Labute approximate surface area is 233 Å². The van der Waals surface area contributed by atoms with Gasteiger partial charge in [-0.2, -0.15) is 5.10 Å². The summed E-state index contributed by atoms with van der Waals surface area (Å²) in [5.74, 6) is 6.30. The molecule has 1 N–H and O–H groups in total. The van der Waals surface area contributed by atoms with Crippen molar-refractivity contribution >= 4 is 33.8 Å². The van der Waals surface area contributed by atoms with Crippen LogP contribution in [0, 0.1) is 25.7 Å². The summed E-state index contributed by atoms with van der Waals surface area (Å²) in [4.78, 5) is 41.9. The third kappa shape index (κ3) is 4.52. The van der Waals surface area contributed by atoms with Crippen molar-refractivity contribution in [3.63, 3.8) is 0 Å². The molecule has 1 amide bonds. The van der Waals surface area contributed by atoms with Crippen molar-refractivity contribution in [2.75, 3.05) is 0 Å². The maximum absolute atomic E-state index is 14.1. The van der Waals surface area contributed by atoms with Gasteiger partial charge in [-0.1, -0.05) is 30.2 Å². The topological polar surface area (TPSA) is 107 Å². The second kappa shape index (κ2) is 10.2. The van der Waals surface area contributed by atoms with Gasteiger partial charge in [0.1, 0.15) is 11.4 Å². The van der Waals surface area contributed by atoms with Crippen molar-refractivity contribution in [2.45, 2.75) is 26.8 Å². The zero-order valence-electron chi connectivity index (χ0n) is 21.9. The Morgan fingerprint density at radius 2 is 1.85 bits per heavy atom. The minimum absolute atomic E-state index is 0.272. The van der Waals surface area contributed by atoms with Crippen LogP contribution in [0.5, 0.6) is 0 Å². The summed E-state index contributed by atoms with van der Waals surface area (Å²) >= 11 is 1.49. The van der Waals surface area contributed by atoms with Gasteiger partial charge in [-0.25, -0.2) is 19.5 Å². The Morgan fingerprint density at radius 1 is 1.02 bits per heavy atom. The van der Waals surface area contributed by atoms with E-state index >= 15 is 0 Å². The first-order valence-corrected chi connectivity index (χ1v) is 13.4. The van der Waals surface area contributed by atoms with E-state index in [0.717, 1.165) is 9.88 Å². The average molecular weight is 546 g/mol. The number of benzene rings is 2. The fourth-order valence-electron chi connectivity index (χ4n) is 4.61. The number of thiazole rings is 1. The zero-order valence-corrected chi connectivity index (χ0v) is 22.7. The van der Waals surface area contributed by atoms with E-state index in [1.54, 1.807) is 49.1 Å². The molecule has 0 saturated heterocycles. The molecule has 6 aromatic rings. The van der Waals surface area contributed by atoms with Crippen LogP contribution in [0.15, 0.2) is 78.0 Å². The summed E-state index contributed by atoms with van der Waals surface area (Å²) < 4.78 is 3.11. The number of nitrogens with zero attached hydrogens (tertiary/aromatic N) is 6. The molecule has 0 aliphatic carbocycles. The van der Waals surface area contributed by atoms with Gasteiger partial charge >= 0.3 is 0 Å². The predicted molar refractivity (Wildman–Crippen MR) is 154 cm³/mol. The first kappa shape index (κ1) is 25.2. The van der Waals surface area contributed by atoms with Crippen LogP contribution in [0.4, 0.5) is 0 Å². The third-order valence-electron chi connectivity index (χ3n) is 6.41. The van der Waals surface area contributed by atoms with Gasteiger partial charge in [0.25, 0.3) is 11.5 Å². The highest BCUT2D eigenvalue weighted by Gasteiger charge is 2.24. The van der Waals surface area contributed by atoms with Crippen molar-refractivity contribution in [1.29, 1.82) is 0 Å². The summed E-state index contributed by atoms with van der Waals surface area (Å²) in [7, 11) is 0. The summed E-state index contributed by atoms with van der Waals surface area (Å²) in [6, 6.07) is 15.8. The lowest BCUT2D eigenvalue weighted by atomic mass is 10.1. The number of amides is 1. The van der Waals surface area contributed by atoms with Crippen molar-refractivity contribution in [3.05, 3.63) is 116 Å². The Bertz CT molecular complexity index is 2030. The lowest BCUT2D eigenvalue weighted by Crippen LogP contribution is -2.33. The van der Waals surface area contributed by atoms with Crippen LogP contribution in [-0.2, 0) is 0 Å². The molecule has 10 heteroatoms. The summed E-state index contributed by atoms with van der Waals surface area (Å²) in [6.07, 6.45) is 5.08. The number of para-hydroxylation sites is 1. The van der Waals surface area contributed by atoms with E-state index in [0.29, 0.717) is 44.9 Å². The Hall–Kier alpha value is -5.14. The molecule has 1 atom stereocenters. The summed E-state index contributed by atoms with van der Waals surface area (Å²) in [6.45, 7) is 5.48. The van der Waals surface area contributed by atoms with Gasteiger partial charge in [0, 0.05) is 18.0 Å². The molecule has 0 radical (unpaired) electrons. The lowest BCUT2D eigenvalue weighted by molar-refractivity contribution is 0.0938. The van der Waals surface area contributed by atoms with E-state index < -0.39 is 6.04 Å². The highest BCUT2D eigenvalue weighted by atomic mass is 32.1. The molecule has 4 aromatic heterocycles. The number of aryl methyl sites for hydroxylation is 2. The molecule has 0 aliphatic heterocycles. The maximum Gasteiger partial charge on any atom is 0.267 e. The molecular weight excluding hydrogens is 522 g/mol. The third-order valence-corrected chi connectivity index (χ3v) is 7.24. The van der Waals surface area contributed by atoms with Gasteiger partial charge in [0.2, 0.25) is 0 Å². The number of carbonyl (C=O) groups excluding carboxylic acids is 1. The van der Waals surface area contributed by atoms with Gasteiger partial charge in [0.05, 0.1) is 44.4 Å². The fraction of sp³-hybridized carbons (Fsp3) is 0.133. The molecule has 196 valence electrons. The van der Waals surface area contributed by atoms with Crippen LogP contribution in [0.2, 0.25) is 0 Å². The van der Waals surface area contributed by atoms with Crippen LogP contribution in [0.1, 0.15) is 50.3 Å². The largest absolute Gasteiger partial charge is 0.342 e. The smallest absolute Gasteiger partial charge is 0.267 e. The van der Waals surface area contributed by atoms with Crippen molar-refractivity contribution in [3.8, 4) is 17.5 Å². The van der Waals surface area contributed by atoms with E-state index in [2.05, 4.69) is 32.2 Å². The normalized spacial score (nSPS) is 11.8. The van der Waals surface area contributed by atoms with Crippen LogP contribution in [0.25, 0.3) is 22.2 Å². The van der Waals surface area contributed by atoms with E-state index in [9.17, 15) is 9.59 Å². The number of aromatic nitrogens is 6. The first-order chi connectivity index (χ1) is 19.4. The minimum atomic E-state index is -0.627. The molecule has 0 spiro atoms. The second-order valence-electron chi connectivity index (χ2n) is 9.18. The number of nitrogens with one attached hydrogen (secondary N) is 1. The Balaban J connectivity index is 1.48. The van der Waals surface area contributed by atoms with Gasteiger partial charge < -0.3 is 5.32 Å². The van der Waals surface area contributed by atoms with Crippen molar-refractivity contribution in [1.82, 2.24) is 34.4 Å². The first-order valence-electron chi connectivity index (χ1n) is 12.6. The summed E-state index contributed by atoms with van der Waals surface area (Å²) in [5.41, 5.74) is 2.80. The van der Waals surface area contributed by atoms with Crippen molar-refractivity contribution in [2.24, 2.45) is 0 Å². The minimum Gasteiger partial charge on any atom is -0.342 e. The highest BCUT2D eigenvalue weighted by Crippen LogP contribution is 2.22. The van der Waals surface area contributed by atoms with Gasteiger partial charge in [-0.15, -0.1) is 11.3 Å². The van der Waals surface area contributed by atoms with Gasteiger partial charge in [0.15, 0.2) is 5.65 Å². The van der Waals surface area contributed by atoms with Crippen LogP contribution >= 0.6 is 11.3 Å². The number of fused-ring (bicyclic) bond motifs is 2. The van der Waals surface area contributed by atoms with E-state index in [1.807, 2.05) is 49.4 Å². The molecule has 0 bridgehead atoms. The number of hydrogen-bond donors (Lipinski definition) is 1. The summed E-state index contributed by atoms with van der Waals surface area (Å²) in [5, 5.41) is 8.73. The molecule has 4 heterocycles. The van der Waals surface area contributed by atoms with E-state index in [1.165, 1.54) is 15.9 Å². The highest BCUT2D eigenvalue weighted by molar-refractivity contribution is 7.12. The molecule has 6 rings (SSSR count). The van der Waals surface area contributed by atoms with Gasteiger partial charge in [-0.05, 0) is 57.0 Å². The molecule has 0 saturated carbocycles. The number of rotatable bonds is 4. The van der Waals surface area contributed by atoms with E-state index in [4.69, 9.17) is 4.98 Å². The molecule has 0 aliphatic rings. The van der Waals surface area contributed by atoms with Crippen LogP contribution < -0.4 is 10.9 Å². The maximum atomic E-state index is 14.1. The molecule has 9 nitrogen and oxygen atoms in total. The van der Waals surface area contributed by atoms with Gasteiger partial charge in [-0.3, -0.25) is 14.2 Å². The number of carbonyl (C=O) groups is 1. The molecular formula is C30H23N7O2S. The average Bonchev–Trinajstić information content (AvgIpc) is 3.53. The quantitative estimate of drug-likeness (QED) is 0.329.